The van der Waals surface area contributed by atoms with Crippen LogP contribution in [0, 0.1) is 11.8 Å². The quantitative estimate of drug-likeness (QED) is 0.658. The van der Waals surface area contributed by atoms with Crippen molar-refractivity contribution in [3.63, 3.8) is 0 Å². The van der Waals surface area contributed by atoms with Crippen LogP contribution in [0.15, 0.2) is 0 Å². The van der Waals surface area contributed by atoms with Crippen LogP contribution in [0.5, 0.6) is 0 Å². The number of aliphatic hydroxyl groups is 1. The van der Waals surface area contributed by atoms with Crippen molar-refractivity contribution in [3.8, 4) is 0 Å². The van der Waals surface area contributed by atoms with E-state index in [4.69, 9.17) is 4.74 Å². The fraction of sp³-hybridized carbons (Fsp3) is 1.00. The van der Waals surface area contributed by atoms with Gasteiger partial charge in [-0.15, -0.1) is 0 Å². The molecule has 0 radical (unpaired) electrons. The molecule has 1 heterocycles. The molecule has 0 bridgehead atoms. The molecule has 66 valence electrons. The smallest absolute Gasteiger partial charge is 0.0829 e. The third kappa shape index (κ3) is 1.74. The molecule has 2 nitrogen and oxygen atoms in total. The van der Waals surface area contributed by atoms with Crippen LogP contribution >= 0.6 is 0 Å². The van der Waals surface area contributed by atoms with E-state index in [2.05, 4.69) is 20.8 Å². The average Bonchev–Trinajstić information content (AvgIpc) is 2.30. The second-order valence-electron chi connectivity index (χ2n) is 3.67. The van der Waals surface area contributed by atoms with Gasteiger partial charge in [-0.2, -0.15) is 0 Å². The van der Waals surface area contributed by atoms with Crippen molar-refractivity contribution < 1.29 is 9.84 Å². The van der Waals surface area contributed by atoms with Crippen molar-refractivity contribution in [2.75, 3.05) is 6.61 Å². The molecule has 3 unspecified atom stereocenters. The van der Waals surface area contributed by atoms with Crippen LogP contribution in [0.25, 0.3) is 0 Å². The Morgan fingerprint density at radius 1 is 1.55 bits per heavy atom. The summed E-state index contributed by atoms with van der Waals surface area (Å²) in [7, 11) is 0. The molecule has 0 amide bonds. The van der Waals surface area contributed by atoms with E-state index in [0.717, 1.165) is 6.42 Å². The second kappa shape index (κ2) is 3.55. The van der Waals surface area contributed by atoms with E-state index >= 15 is 0 Å². The molecular weight excluding hydrogens is 140 g/mol. The average molecular weight is 158 g/mol. The molecule has 0 aromatic carbocycles. The Balaban J connectivity index is 2.56. The van der Waals surface area contributed by atoms with Crippen LogP contribution in [0.2, 0.25) is 0 Å². The number of rotatable bonds is 2. The number of hydrogen-bond donors (Lipinski definition) is 1. The Morgan fingerprint density at radius 2 is 2.18 bits per heavy atom. The fourth-order valence-electron chi connectivity index (χ4n) is 1.96. The molecule has 0 aromatic heterocycles. The predicted octanol–water partition coefficient (Wildman–Crippen LogP) is 1.43. The molecule has 0 saturated carbocycles. The maximum Gasteiger partial charge on any atom is 0.0829 e. The van der Waals surface area contributed by atoms with Crippen molar-refractivity contribution in [2.24, 2.45) is 11.8 Å². The van der Waals surface area contributed by atoms with Gasteiger partial charge in [0.05, 0.1) is 18.8 Å². The van der Waals surface area contributed by atoms with Gasteiger partial charge in [-0.3, -0.25) is 0 Å². The summed E-state index contributed by atoms with van der Waals surface area (Å²) >= 11 is 0. The van der Waals surface area contributed by atoms with E-state index < -0.39 is 0 Å². The lowest BCUT2D eigenvalue weighted by Crippen LogP contribution is -2.28. The van der Waals surface area contributed by atoms with Crippen molar-refractivity contribution in [3.05, 3.63) is 0 Å². The van der Waals surface area contributed by atoms with Gasteiger partial charge in [0.2, 0.25) is 0 Å². The Hall–Kier alpha value is -0.0800. The summed E-state index contributed by atoms with van der Waals surface area (Å²) in [5.41, 5.74) is 0. The third-order valence-corrected chi connectivity index (χ3v) is 2.53. The van der Waals surface area contributed by atoms with Gasteiger partial charge >= 0.3 is 0 Å². The molecule has 0 aromatic rings. The number of hydrogen-bond acceptors (Lipinski definition) is 2. The Bertz CT molecular complexity index is 123. The Labute approximate surface area is 68.6 Å². The molecule has 2 heteroatoms. The van der Waals surface area contributed by atoms with E-state index in [1.54, 1.807) is 0 Å². The molecule has 1 aliphatic heterocycles. The van der Waals surface area contributed by atoms with Gasteiger partial charge in [-0.25, -0.2) is 0 Å². The van der Waals surface area contributed by atoms with Gasteiger partial charge < -0.3 is 9.84 Å². The summed E-state index contributed by atoms with van der Waals surface area (Å²) in [6.07, 6.45) is 1.06. The summed E-state index contributed by atoms with van der Waals surface area (Å²) in [6.45, 7) is 6.93. The molecule has 1 aliphatic rings. The molecule has 1 rings (SSSR count). The number of aliphatic hydroxyl groups excluding tert-OH is 1. The maximum atomic E-state index is 9.54. The minimum Gasteiger partial charge on any atom is -0.390 e. The molecule has 0 aliphatic carbocycles. The van der Waals surface area contributed by atoms with Crippen LogP contribution in [0.4, 0.5) is 0 Å². The highest BCUT2D eigenvalue weighted by molar-refractivity contribution is 4.84. The first-order valence-electron chi connectivity index (χ1n) is 4.46. The van der Waals surface area contributed by atoms with Gasteiger partial charge in [-0.05, 0) is 12.3 Å². The molecule has 0 spiro atoms. The van der Waals surface area contributed by atoms with E-state index in [1.807, 2.05) is 0 Å². The molecule has 1 saturated heterocycles. The summed E-state index contributed by atoms with van der Waals surface area (Å²) in [5, 5.41) is 9.54. The van der Waals surface area contributed by atoms with Gasteiger partial charge in [-0.1, -0.05) is 20.8 Å². The van der Waals surface area contributed by atoms with E-state index in [1.165, 1.54) is 0 Å². The normalized spacial score (nSPS) is 38.5. The first kappa shape index (κ1) is 9.01. The topological polar surface area (TPSA) is 29.5 Å². The lowest BCUT2D eigenvalue weighted by atomic mass is 9.86. The van der Waals surface area contributed by atoms with Crippen LogP contribution in [-0.2, 0) is 4.74 Å². The maximum absolute atomic E-state index is 9.54. The standard InChI is InChI=1S/C9H18O2/c1-4-8-9(6(2)3)7(10)5-11-8/h6-10H,4-5H2,1-3H3. The molecule has 1 N–H and O–H groups in total. The van der Waals surface area contributed by atoms with Gasteiger partial charge in [0.1, 0.15) is 0 Å². The largest absolute Gasteiger partial charge is 0.390 e. The highest BCUT2D eigenvalue weighted by Crippen LogP contribution is 2.29. The highest BCUT2D eigenvalue weighted by atomic mass is 16.5. The second-order valence-corrected chi connectivity index (χ2v) is 3.67. The van der Waals surface area contributed by atoms with E-state index in [0.29, 0.717) is 18.4 Å². The minimum absolute atomic E-state index is 0.236. The van der Waals surface area contributed by atoms with Crippen molar-refractivity contribution in [1.29, 1.82) is 0 Å². The van der Waals surface area contributed by atoms with E-state index in [-0.39, 0.29) is 12.2 Å². The van der Waals surface area contributed by atoms with Crippen LogP contribution in [-0.4, -0.2) is 23.9 Å². The Kier molecular flexibility index (Phi) is 2.90. The van der Waals surface area contributed by atoms with Crippen LogP contribution in [0.1, 0.15) is 27.2 Å². The molecular formula is C9H18O2. The first-order valence-corrected chi connectivity index (χ1v) is 4.46. The van der Waals surface area contributed by atoms with Gasteiger partial charge in [0.15, 0.2) is 0 Å². The Morgan fingerprint density at radius 3 is 2.55 bits per heavy atom. The van der Waals surface area contributed by atoms with Crippen LogP contribution in [0.3, 0.4) is 0 Å². The highest BCUT2D eigenvalue weighted by Gasteiger charge is 2.36. The first-order chi connectivity index (χ1) is 5.16. The zero-order chi connectivity index (χ0) is 8.43. The van der Waals surface area contributed by atoms with Gasteiger partial charge in [0, 0.05) is 5.92 Å². The van der Waals surface area contributed by atoms with Crippen molar-refractivity contribution in [1.82, 2.24) is 0 Å². The summed E-state index contributed by atoms with van der Waals surface area (Å²) in [4.78, 5) is 0. The SMILES string of the molecule is CCC1OCC(O)C1C(C)C. The molecule has 1 fully saturated rings. The lowest BCUT2D eigenvalue weighted by molar-refractivity contribution is 0.0765. The predicted molar refractivity (Wildman–Crippen MR) is 44.4 cm³/mol. The molecule has 3 atom stereocenters. The van der Waals surface area contributed by atoms with E-state index in [9.17, 15) is 5.11 Å². The fourth-order valence-corrected chi connectivity index (χ4v) is 1.96. The van der Waals surface area contributed by atoms with Crippen molar-refractivity contribution in [2.45, 2.75) is 39.4 Å². The zero-order valence-electron chi connectivity index (χ0n) is 7.58. The van der Waals surface area contributed by atoms with Gasteiger partial charge in [0.25, 0.3) is 0 Å². The van der Waals surface area contributed by atoms with Crippen molar-refractivity contribution >= 4 is 0 Å². The summed E-state index contributed by atoms with van der Waals surface area (Å²) in [6, 6.07) is 0. The number of ether oxygens (including phenoxy) is 1. The third-order valence-electron chi connectivity index (χ3n) is 2.53. The summed E-state index contributed by atoms with van der Waals surface area (Å²) in [5.74, 6) is 0.873. The lowest BCUT2D eigenvalue weighted by Gasteiger charge is -2.22. The zero-order valence-corrected chi connectivity index (χ0v) is 7.58. The monoisotopic (exact) mass is 158 g/mol. The minimum atomic E-state index is -0.236. The van der Waals surface area contributed by atoms with Crippen LogP contribution < -0.4 is 0 Å². The summed E-state index contributed by atoms with van der Waals surface area (Å²) < 4.78 is 5.44. The molecule has 11 heavy (non-hydrogen) atoms.